The van der Waals surface area contributed by atoms with Gasteiger partial charge in [-0.2, -0.15) is 0 Å². The molecule has 0 amide bonds. The average Bonchev–Trinajstić information content (AvgIpc) is 2.64. The Balaban J connectivity index is 0.00000261. The number of ketones is 1. The molecule has 0 unspecified atom stereocenters. The zero-order chi connectivity index (χ0) is 18.6. The Morgan fingerprint density at radius 3 is 2.03 bits per heavy atom. The van der Waals surface area contributed by atoms with Gasteiger partial charge in [-0.25, -0.2) is 0 Å². The summed E-state index contributed by atoms with van der Waals surface area (Å²) in [4.78, 5) is 20.0. The molecule has 2 saturated heterocycles. The average molecular weight is 487 g/mol. The maximum atomic E-state index is 12.5. The van der Waals surface area contributed by atoms with Crippen molar-refractivity contribution in [3.05, 3.63) is 34.9 Å². The summed E-state index contributed by atoms with van der Waals surface area (Å²) in [6.07, 6.45) is 3.02. The lowest BCUT2D eigenvalue weighted by Crippen LogP contribution is -2.48. The van der Waals surface area contributed by atoms with E-state index in [1.807, 2.05) is 18.2 Å². The Morgan fingerprint density at radius 1 is 0.966 bits per heavy atom. The Kier molecular flexibility index (Phi) is 13.3. The molecule has 1 aromatic rings. The fraction of sp³-hybridized carbons (Fsp3) is 0.667. The molecule has 2 aliphatic rings. The number of rotatable bonds is 6. The van der Waals surface area contributed by atoms with Gasteiger partial charge < -0.3 is 14.7 Å². The molecule has 3 rings (SSSR count). The molecule has 168 valence electrons. The van der Waals surface area contributed by atoms with Crippen LogP contribution < -0.4 is 0 Å². The molecule has 0 aliphatic carbocycles. The summed E-state index contributed by atoms with van der Waals surface area (Å²) in [5.41, 5.74) is 0.744. The van der Waals surface area contributed by atoms with Gasteiger partial charge in [0.25, 0.3) is 0 Å². The van der Waals surface area contributed by atoms with Gasteiger partial charge in [0.1, 0.15) is 5.78 Å². The number of carbonyl (C=O) groups excluding carboxylic acids is 1. The minimum absolute atomic E-state index is 0. The van der Waals surface area contributed by atoms with Gasteiger partial charge in [0.05, 0.1) is 5.41 Å². The van der Waals surface area contributed by atoms with Gasteiger partial charge in [0.2, 0.25) is 0 Å². The number of hydrogen-bond donors (Lipinski definition) is 0. The van der Waals surface area contributed by atoms with Crippen molar-refractivity contribution in [2.45, 2.75) is 31.6 Å². The van der Waals surface area contributed by atoms with Crippen LogP contribution in [-0.2, 0) is 10.2 Å². The highest BCUT2D eigenvalue weighted by Gasteiger charge is 2.40. The molecule has 0 atom stereocenters. The second-order valence-corrected chi connectivity index (χ2v) is 8.43. The van der Waals surface area contributed by atoms with Crippen molar-refractivity contribution in [2.75, 3.05) is 59.4 Å². The Morgan fingerprint density at radius 2 is 1.52 bits per heavy atom. The fourth-order valence-corrected chi connectivity index (χ4v) is 4.57. The first kappa shape index (κ1) is 28.9. The smallest absolute Gasteiger partial charge is 0.140 e. The zero-order valence-corrected chi connectivity index (χ0v) is 20.6. The van der Waals surface area contributed by atoms with Crippen molar-refractivity contribution in [2.24, 2.45) is 0 Å². The van der Waals surface area contributed by atoms with E-state index in [1.54, 1.807) is 6.92 Å². The molecule has 29 heavy (non-hydrogen) atoms. The number of piperazine rings is 1. The minimum atomic E-state index is -0.348. The third-order valence-corrected chi connectivity index (χ3v) is 6.54. The van der Waals surface area contributed by atoms with E-state index < -0.39 is 0 Å². The highest BCUT2D eigenvalue weighted by atomic mass is 35.5. The van der Waals surface area contributed by atoms with E-state index in [0.717, 1.165) is 43.1 Å². The number of piperidine rings is 1. The van der Waals surface area contributed by atoms with Crippen molar-refractivity contribution >= 4 is 54.6 Å². The quantitative estimate of drug-likeness (QED) is 0.602. The number of halogens is 4. The predicted octanol–water partition coefficient (Wildman–Crippen LogP) is 4.17. The van der Waals surface area contributed by atoms with Crippen LogP contribution in [0.3, 0.4) is 0 Å². The second kappa shape index (κ2) is 13.4. The summed E-state index contributed by atoms with van der Waals surface area (Å²) in [7, 11) is 2.20. The van der Waals surface area contributed by atoms with E-state index in [1.165, 1.54) is 39.1 Å². The number of hydrogen-bond acceptors (Lipinski definition) is 4. The van der Waals surface area contributed by atoms with E-state index >= 15 is 0 Å². The third-order valence-electron chi connectivity index (χ3n) is 6.31. The fourth-order valence-electron chi connectivity index (χ4n) is 4.38. The topological polar surface area (TPSA) is 26.8 Å². The SMILES string of the molecule is CC(=O)C1(c2cccc(Cl)c2)CCN(CCCN2CCN(C)CC2)CC1.Cl.Cl.Cl. The van der Waals surface area contributed by atoms with Crippen molar-refractivity contribution in [3.8, 4) is 0 Å². The molecule has 8 heteroatoms. The summed E-state index contributed by atoms with van der Waals surface area (Å²) in [6, 6.07) is 7.89. The summed E-state index contributed by atoms with van der Waals surface area (Å²) in [5, 5.41) is 0.720. The molecule has 0 aromatic heterocycles. The Bertz CT molecular complexity index is 616. The van der Waals surface area contributed by atoms with Crippen LogP contribution in [0.5, 0.6) is 0 Å². The van der Waals surface area contributed by atoms with E-state index in [4.69, 9.17) is 11.6 Å². The number of carbonyl (C=O) groups is 1. The minimum Gasteiger partial charge on any atom is -0.304 e. The summed E-state index contributed by atoms with van der Waals surface area (Å²) >= 11 is 6.18. The molecule has 0 N–H and O–H groups in total. The third kappa shape index (κ3) is 7.53. The van der Waals surface area contributed by atoms with Gasteiger partial charge in [0.15, 0.2) is 0 Å². The summed E-state index contributed by atoms with van der Waals surface area (Å²) < 4.78 is 0. The van der Waals surface area contributed by atoms with Gasteiger partial charge in [-0.1, -0.05) is 23.7 Å². The lowest BCUT2D eigenvalue weighted by atomic mass is 9.70. The van der Waals surface area contributed by atoms with Crippen LogP contribution >= 0.6 is 48.8 Å². The van der Waals surface area contributed by atoms with Gasteiger partial charge in [-0.3, -0.25) is 4.79 Å². The number of likely N-dealkylation sites (tertiary alicyclic amines) is 1. The maximum absolute atomic E-state index is 12.5. The molecule has 0 saturated carbocycles. The van der Waals surface area contributed by atoms with Crippen molar-refractivity contribution < 1.29 is 4.79 Å². The highest BCUT2D eigenvalue weighted by Crippen LogP contribution is 2.37. The molecule has 1 aromatic carbocycles. The number of nitrogens with zero attached hydrogens (tertiary/aromatic N) is 3. The molecular formula is C21H35Cl4N3O. The number of Topliss-reactive ketones (excluding diaryl/α,β-unsaturated/α-hetero) is 1. The van der Waals surface area contributed by atoms with Crippen LogP contribution in [0.15, 0.2) is 24.3 Å². The van der Waals surface area contributed by atoms with Gasteiger partial charge >= 0.3 is 0 Å². The molecule has 4 nitrogen and oxygen atoms in total. The Hall–Kier alpha value is -0.0700. The van der Waals surface area contributed by atoms with Crippen LogP contribution in [0.1, 0.15) is 31.7 Å². The first-order valence-corrected chi connectivity index (χ1v) is 10.3. The highest BCUT2D eigenvalue weighted by molar-refractivity contribution is 6.30. The second-order valence-electron chi connectivity index (χ2n) is 7.99. The van der Waals surface area contributed by atoms with E-state index in [2.05, 4.69) is 27.8 Å². The first-order chi connectivity index (χ1) is 12.5. The molecule has 0 spiro atoms. The number of benzene rings is 1. The van der Waals surface area contributed by atoms with Crippen LogP contribution in [0.25, 0.3) is 0 Å². The standard InChI is InChI=1S/C21H32ClN3O.3ClH/c1-18(26)21(19-5-3-6-20(22)17-19)7-11-24(12-8-21)9-4-10-25-15-13-23(2)14-16-25;;;/h3,5-6,17H,4,7-16H2,1-2H3;3*1H. The predicted molar refractivity (Wildman–Crippen MR) is 130 cm³/mol. The summed E-state index contributed by atoms with van der Waals surface area (Å²) in [5.74, 6) is 0.275. The lowest BCUT2D eigenvalue weighted by Gasteiger charge is -2.41. The number of likely N-dealkylation sites (N-methyl/N-ethyl adjacent to an activating group) is 1. The maximum Gasteiger partial charge on any atom is 0.140 e. The van der Waals surface area contributed by atoms with Crippen molar-refractivity contribution in [1.82, 2.24) is 14.7 Å². The molecule has 2 heterocycles. The van der Waals surface area contributed by atoms with Crippen LogP contribution in [-0.4, -0.2) is 79.9 Å². The molecule has 2 fully saturated rings. The molecular weight excluding hydrogens is 452 g/mol. The van der Waals surface area contributed by atoms with Gasteiger partial charge in [-0.15, -0.1) is 37.2 Å². The normalized spacial score (nSPS) is 20.1. The van der Waals surface area contributed by atoms with Crippen LogP contribution in [0.4, 0.5) is 0 Å². The molecule has 2 aliphatic heterocycles. The van der Waals surface area contributed by atoms with Gasteiger partial charge in [0, 0.05) is 31.2 Å². The van der Waals surface area contributed by atoms with Gasteiger partial charge in [-0.05, 0) is 77.1 Å². The Labute approximate surface area is 199 Å². The largest absolute Gasteiger partial charge is 0.304 e. The molecule has 0 bridgehead atoms. The summed E-state index contributed by atoms with van der Waals surface area (Å²) in [6.45, 7) is 10.8. The van der Waals surface area contributed by atoms with Crippen molar-refractivity contribution in [3.63, 3.8) is 0 Å². The zero-order valence-electron chi connectivity index (χ0n) is 17.4. The van der Waals surface area contributed by atoms with Crippen molar-refractivity contribution in [1.29, 1.82) is 0 Å². The van der Waals surface area contributed by atoms with E-state index in [9.17, 15) is 4.79 Å². The van der Waals surface area contributed by atoms with E-state index in [-0.39, 0.29) is 48.4 Å². The van der Waals surface area contributed by atoms with Crippen LogP contribution in [0.2, 0.25) is 5.02 Å². The lowest BCUT2D eigenvalue weighted by molar-refractivity contribution is -0.124. The van der Waals surface area contributed by atoms with Crippen LogP contribution in [0, 0.1) is 0 Å². The molecule has 0 radical (unpaired) electrons. The van der Waals surface area contributed by atoms with E-state index in [0.29, 0.717) is 0 Å². The monoisotopic (exact) mass is 485 g/mol. The first-order valence-electron chi connectivity index (χ1n) is 9.90.